The number of nitrogens with two attached hydrogens (primary N) is 1. The Bertz CT molecular complexity index is 382. The van der Waals surface area contributed by atoms with Crippen LogP contribution >= 0.6 is 0 Å². The molecule has 0 unspecified atom stereocenters. The first-order valence-corrected chi connectivity index (χ1v) is 4.75. The van der Waals surface area contributed by atoms with E-state index in [0.29, 0.717) is 6.07 Å². The van der Waals surface area contributed by atoms with Crippen LogP contribution in [0, 0.1) is 11.6 Å². The van der Waals surface area contributed by atoms with Crippen molar-refractivity contribution < 1.29 is 17.6 Å². The maximum Gasteiger partial charge on any atom is 0.263 e. The van der Waals surface area contributed by atoms with Gasteiger partial charge in [0.25, 0.3) is 6.43 Å². The van der Waals surface area contributed by atoms with Crippen molar-refractivity contribution in [2.45, 2.75) is 32.2 Å². The molecule has 1 nitrogen and oxygen atoms in total. The molecule has 1 aromatic rings. The molecule has 0 aliphatic rings. The predicted octanol–water partition coefficient (Wildman–Crippen LogP) is 3.18. The molecule has 0 heterocycles. The molecule has 0 bridgehead atoms. The van der Waals surface area contributed by atoms with E-state index in [9.17, 15) is 17.6 Å². The summed E-state index contributed by atoms with van der Waals surface area (Å²) >= 11 is 0. The second-order valence-electron chi connectivity index (χ2n) is 4.44. The maximum atomic E-state index is 13.3. The number of hydrogen-bond acceptors (Lipinski definition) is 1. The van der Waals surface area contributed by atoms with Crippen molar-refractivity contribution in [3.05, 3.63) is 34.9 Å². The van der Waals surface area contributed by atoms with Crippen LogP contribution in [0.1, 0.15) is 31.4 Å². The zero-order valence-electron chi connectivity index (χ0n) is 9.03. The molecule has 0 saturated carbocycles. The second-order valence-corrected chi connectivity index (χ2v) is 4.44. The molecule has 0 amide bonds. The Kier molecular flexibility index (Phi) is 3.57. The first kappa shape index (κ1) is 13.0. The predicted molar refractivity (Wildman–Crippen MR) is 53.3 cm³/mol. The van der Waals surface area contributed by atoms with E-state index in [-0.39, 0.29) is 12.0 Å². The van der Waals surface area contributed by atoms with E-state index in [2.05, 4.69) is 0 Å². The molecule has 0 aromatic heterocycles. The smallest absolute Gasteiger partial charge is 0.263 e. The quantitative estimate of drug-likeness (QED) is 0.800. The molecule has 0 saturated heterocycles. The van der Waals surface area contributed by atoms with Gasteiger partial charge in [-0.1, -0.05) is 0 Å². The lowest BCUT2D eigenvalue weighted by molar-refractivity contribution is 0.150. The Morgan fingerprint density at radius 3 is 2.25 bits per heavy atom. The highest BCUT2D eigenvalue weighted by molar-refractivity contribution is 5.28. The molecule has 90 valence electrons. The van der Waals surface area contributed by atoms with Crippen molar-refractivity contribution in [1.82, 2.24) is 0 Å². The summed E-state index contributed by atoms with van der Waals surface area (Å²) in [4.78, 5) is 0. The monoisotopic (exact) mass is 235 g/mol. The lowest BCUT2D eigenvalue weighted by Gasteiger charge is -2.19. The Hall–Kier alpha value is -1.10. The van der Waals surface area contributed by atoms with Crippen molar-refractivity contribution in [1.29, 1.82) is 0 Å². The fraction of sp³-hybridized carbons (Fsp3) is 0.455. The van der Waals surface area contributed by atoms with E-state index in [4.69, 9.17) is 5.73 Å². The number of hydrogen-bond donors (Lipinski definition) is 1. The van der Waals surface area contributed by atoms with E-state index < -0.39 is 29.2 Å². The second kappa shape index (κ2) is 4.41. The zero-order chi connectivity index (χ0) is 12.5. The van der Waals surface area contributed by atoms with Crippen molar-refractivity contribution in [3.8, 4) is 0 Å². The van der Waals surface area contributed by atoms with Crippen molar-refractivity contribution in [2.24, 2.45) is 5.73 Å². The molecule has 5 heteroatoms. The number of halogens is 4. The summed E-state index contributed by atoms with van der Waals surface area (Å²) in [5.74, 6) is -2.38. The number of alkyl halides is 2. The molecular formula is C11H13F4N. The van der Waals surface area contributed by atoms with Crippen LogP contribution in [-0.2, 0) is 6.42 Å². The van der Waals surface area contributed by atoms with Gasteiger partial charge in [0, 0.05) is 11.1 Å². The maximum absolute atomic E-state index is 13.3. The van der Waals surface area contributed by atoms with E-state index >= 15 is 0 Å². The highest BCUT2D eigenvalue weighted by Gasteiger charge is 2.20. The van der Waals surface area contributed by atoms with E-state index in [1.54, 1.807) is 13.8 Å². The Morgan fingerprint density at radius 2 is 1.81 bits per heavy atom. The fourth-order valence-corrected chi connectivity index (χ4v) is 1.41. The largest absolute Gasteiger partial charge is 0.325 e. The standard InChI is InChI=1S/C11H13F4N/c1-11(2,16)5-7-3-6(10(14)15)4-8(12)9(7)13/h3-4,10H,5,16H2,1-2H3. The van der Waals surface area contributed by atoms with Crippen LogP contribution in [0.5, 0.6) is 0 Å². The molecule has 2 N–H and O–H groups in total. The van der Waals surface area contributed by atoms with Crippen LogP contribution in [0.15, 0.2) is 12.1 Å². The molecule has 0 radical (unpaired) electrons. The van der Waals surface area contributed by atoms with Crippen molar-refractivity contribution >= 4 is 0 Å². The summed E-state index contributed by atoms with van der Waals surface area (Å²) in [6, 6.07) is 1.46. The summed E-state index contributed by atoms with van der Waals surface area (Å²) in [5.41, 5.74) is 4.20. The third kappa shape index (κ3) is 3.20. The van der Waals surface area contributed by atoms with Crippen LogP contribution in [-0.4, -0.2) is 5.54 Å². The van der Waals surface area contributed by atoms with Gasteiger partial charge in [-0.05, 0) is 38.0 Å². The van der Waals surface area contributed by atoms with E-state index in [1.807, 2.05) is 0 Å². The minimum atomic E-state index is -2.82. The molecule has 0 fully saturated rings. The lowest BCUT2D eigenvalue weighted by atomic mass is 9.94. The Morgan fingerprint density at radius 1 is 1.25 bits per heavy atom. The van der Waals surface area contributed by atoms with Crippen LogP contribution in [0.25, 0.3) is 0 Å². The minimum absolute atomic E-state index is 0.00366. The summed E-state index contributed by atoms with van der Waals surface area (Å²) in [7, 11) is 0. The molecule has 0 aliphatic carbocycles. The molecular weight excluding hydrogens is 222 g/mol. The number of benzene rings is 1. The van der Waals surface area contributed by atoms with Gasteiger partial charge in [0.05, 0.1) is 0 Å². The van der Waals surface area contributed by atoms with Gasteiger partial charge in [-0.3, -0.25) is 0 Å². The summed E-state index contributed by atoms with van der Waals surface area (Å²) in [6.45, 7) is 3.22. The van der Waals surface area contributed by atoms with Gasteiger partial charge < -0.3 is 5.73 Å². The van der Waals surface area contributed by atoms with Gasteiger partial charge in [-0.25, -0.2) is 17.6 Å². The number of rotatable bonds is 3. The average molecular weight is 235 g/mol. The van der Waals surface area contributed by atoms with Crippen LogP contribution < -0.4 is 5.73 Å². The average Bonchev–Trinajstić information content (AvgIpc) is 2.10. The molecule has 16 heavy (non-hydrogen) atoms. The lowest BCUT2D eigenvalue weighted by Crippen LogP contribution is -2.34. The first-order chi connectivity index (χ1) is 7.20. The van der Waals surface area contributed by atoms with Gasteiger partial charge in [0.15, 0.2) is 11.6 Å². The minimum Gasteiger partial charge on any atom is -0.325 e. The molecule has 0 atom stereocenters. The van der Waals surface area contributed by atoms with Gasteiger partial charge in [0.1, 0.15) is 0 Å². The molecule has 1 rings (SSSR count). The molecule has 0 spiro atoms. The summed E-state index contributed by atoms with van der Waals surface area (Å²) in [5, 5.41) is 0. The summed E-state index contributed by atoms with van der Waals surface area (Å²) < 4.78 is 51.1. The first-order valence-electron chi connectivity index (χ1n) is 4.75. The highest BCUT2D eigenvalue weighted by Crippen LogP contribution is 2.25. The van der Waals surface area contributed by atoms with Gasteiger partial charge in [-0.2, -0.15) is 0 Å². The van der Waals surface area contributed by atoms with E-state index in [0.717, 1.165) is 6.07 Å². The summed E-state index contributed by atoms with van der Waals surface area (Å²) in [6.07, 6.45) is -2.83. The van der Waals surface area contributed by atoms with Crippen molar-refractivity contribution in [2.75, 3.05) is 0 Å². The Labute approximate surface area is 91.3 Å². The van der Waals surface area contributed by atoms with E-state index in [1.165, 1.54) is 0 Å². The van der Waals surface area contributed by atoms with Crippen LogP contribution in [0.3, 0.4) is 0 Å². The SMILES string of the molecule is CC(C)(N)Cc1cc(C(F)F)cc(F)c1F. The third-order valence-electron chi connectivity index (χ3n) is 2.02. The highest BCUT2D eigenvalue weighted by atomic mass is 19.3. The van der Waals surface area contributed by atoms with Crippen LogP contribution in [0.4, 0.5) is 17.6 Å². The molecule has 0 aliphatic heterocycles. The molecule has 1 aromatic carbocycles. The normalized spacial score (nSPS) is 12.2. The topological polar surface area (TPSA) is 26.0 Å². The Balaban J connectivity index is 3.17. The van der Waals surface area contributed by atoms with Gasteiger partial charge in [-0.15, -0.1) is 0 Å². The fourth-order valence-electron chi connectivity index (χ4n) is 1.41. The van der Waals surface area contributed by atoms with Crippen LogP contribution in [0.2, 0.25) is 0 Å². The van der Waals surface area contributed by atoms with Crippen molar-refractivity contribution in [3.63, 3.8) is 0 Å². The zero-order valence-corrected chi connectivity index (χ0v) is 9.03. The third-order valence-corrected chi connectivity index (χ3v) is 2.02. The van der Waals surface area contributed by atoms with Gasteiger partial charge >= 0.3 is 0 Å². The van der Waals surface area contributed by atoms with Gasteiger partial charge in [0.2, 0.25) is 0 Å².